The van der Waals surface area contributed by atoms with Crippen LogP contribution in [0.1, 0.15) is 6.42 Å². The number of halogens is 5. The highest BCUT2D eigenvalue weighted by molar-refractivity contribution is 6.27. The standard InChI is InChI=1S/C7H7Cl2F3O/c8-4-2-1-3(5(4)13)7(11,12)6(2,9)10/h2-5,13H,1H2/t2-,3-,4+,5+,6+/m1/s1. The van der Waals surface area contributed by atoms with Crippen LogP contribution in [0.15, 0.2) is 0 Å². The van der Waals surface area contributed by atoms with E-state index in [9.17, 15) is 18.3 Å². The third-order valence-corrected chi connectivity index (χ3v) is 4.10. The average Bonchev–Trinajstić information content (AvgIpc) is 2.36. The Morgan fingerprint density at radius 3 is 2.15 bits per heavy atom. The molecule has 2 saturated carbocycles. The molecule has 2 fully saturated rings. The van der Waals surface area contributed by atoms with Crippen LogP contribution in [0.5, 0.6) is 0 Å². The largest absolute Gasteiger partial charge is 0.391 e. The molecule has 0 heterocycles. The minimum absolute atomic E-state index is 0.150. The molecule has 2 aliphatic rings. The van der Waals surface area contributed by atoms with Crippen LogP contribution in [-0.4, -0.2) is 27.6 Å². The zero-order valence-corrected chi connectivity index (χ0v) is 7.87. The summed E-state index contributed by atoms with van der Waals surface area (Å²) in [5, 5.41) is 5.12. The number of aliphatic hydroxyl groups is 1. The van der Waals surface area contributed by atoms with Crippen molar-refractivity contribution < 1.29 is 18.3 Å². The number of hydrogen-bond donors (Lipinski definition) is 1. The van der Waals surface area contributed by atoms with Gasteiger partial charge in [-0.25, -0.2) is 13.2 Å². The summed E-state index contributed by atoms with van der Waals surface area (Å²) in [6.45, 7) is 0. The Morgan fingerprint density at radius 1 is 1.23 bits per heavy atom. The summed E-state index contributed by atoms with van der Waals surface area (Å²) in [5.41, 5.74) is 0. The van der Waals surface area contributed by atoms with E-state index in [2.05, 4.69) is 0 Å². The number of fused-ring (bicyclic) bond motifs is 2. The quantitative estimate of drug-likeness (QED) is 0.637. The molecular weight excluding hydrogens is 228 g/mol. The molecule has 0 aromatic carbocycles. The van der Waals surface area contributed by atoms with E-state index in [1.165, 1.54) is 0 Å². The van der Waals surface area contributed by atoms with Crippen molar-refractivity contribution in [2.75, 3.05) is 0 Å². The Hall–Kier alpha value is 0.330. The lowest BCUT2D eigenvalue weighted by Crippen LogP contribution is -2.54. The minimum atomic E-state index is -3.68. The van der Waals surface area contributed by atoms with Gasteiger partial charge in [0.15, 0.2) is 0 Å². The maximum Gasteiger partial charge on any atom is 0.300 e. The first-order valence-electron chi connectivity index (χ1n) is 3.88. The van der Waals surface area contributed by atoms with Crippen LogP contribution in [-0.2, 0) is 0 Å². The van der Waals surface area contributed by atoms with Crippen molar-refractivity contribution in [2.24, 2.45) is 11.8 Å². The van der Waals surface area contributed by atoms with Gasteiger partial charge in [-0.05, 0) is 6.42 Å². The number of aliphatic hydroxyl groups excluding tert-OH is 1. The molecule has 0 aromatic heterocycles. The third-order valence-electron chi connectivity index (χ3n) is 3.01. The monoisotopic (exact) mass is 234 g/mol. The molecule has 2 bridgehead atoms. The summed E-state index contributed by atoms with van der Waals surface area (Å²) in [5.74, 6) is -6.28. The fourth-order valence-electron chi connectivity index (χ4n) is 2.21. The Labute approximate surface area is 82.8 Å². The summed E-state index contributed by atoms with van der Waals surface area (Å²) in [4.78, 5) is 0. The molecule has 6 heteroatoms. The summed E-state index contributed by atoms with van der Waals surface area (Å²) < 4.78 is 39.6. The SMILES string of the molecule is O[C@@H]1[C@@H](Cl)[C@H]2C[C@H]1C(F)(F)[C@]2(F)Cl. The number of rotatable bonds is 0. The van der Waals surface area contributed by atoms with Crippen molar-refractivity contribution in [1.82, 2.24) is 0 Å². The maximum absolute atomic E-state index is 13.3. The van der Waals surface area contributed by atoms with Gasteiger partial charge in [0, 0.05) is 5.92 Å². The summed E-state index contributed by atoms with van der Waals surface area (Å²) >= 11 is 10.7. The van der Waals surface area contributed by atoms with Crippen LogP contribution < -0.4 is 0 Å². The van der Waals surface area contributed by atoms with Gasteiger partial charge in [0.2, 0.25) is 0 Å². The van der Waals surface area contributed by atoms with Gasteiger partial charge >= 0.3 is 5.92 Å². The second-order valence-electron chi connectivity index (χ2n) is 3.63. The highest BCUT2D eigenvalue weighted by atomic mass is 35.5. The van der Waals surface area contributed by atoms with Crippen LogP contribution in [0.25, 0.3) is 0 Å². The van der Waals surface area contributed by atoms with Crippen molar-refractivity contribution in [2.45, 2.75) is 29.0 Å². The van der Waals surface area contributed by atoms with Gasteiger partial charge < -0.3 is 5.11 Å². The van der Waals surface area contributed by atoms with Gasteiger partial charge in [0.25, 0.3) is 5.13 Å². The first-order chi connectivity index (χ1) is 5.80. The van der Waals surface area contributed by atoms with Crippen LogP contribution in [0.4, 0.5) is 13.2 Å². The van der Waals surface area contributed by atoms with E-state index < -0.39 is 34.4 Å². The fourth-order valence-corrected chi connectivity index (χ4v) is 3.09. The highest BCUT2D eigenvalue weighted by Gasteiger charge is 2.76. The van der Waals surface area contributed by atoms with E-state index in [1.54, 1.807) is 0 Å². The minimum Gasteiger partial charge on any atom is -0.391 e. The number of hydrogen-bond acceptors (Lipinski definition) is 1. The molecule has 1 N–H and O–H groups in total. The molecule has 0 spiro atoms. The lowest BCUT2D eigenvalue weighted by Gasteiger charge is -2.36. The maximum atomic E-state index is 13.3. The summed E-state index contributed by atoms with van der Waals surface area (Å²) in [7, 11) is 0. The molecular formula is C7H7Cl2F3O. The zero-order chi connectivity index (χ0) is 10.0. The third kappa shape index (κ3) is 0.944. The Kier molecular flexibility index (Phi) is 1.87. The van der Waals surface area contributed by atoms with Crippen molar-refractivity contribution in [3.63, 3.8) is 0 Å². The second kappa shape index (κ2) is 2.47. The van der Waals surface area contributed by atoms with Gasteiger partial charge in [-0.3, -0.25) is 0 Å². The van der Waals surface area contributed by atoms with Gasteiger partial charge in [0.05, 0.1) is 17.4 Å². The van der Waals surface area contributed by atoms with E-state index in [0.717, 1.165) is 0 Å². The molecule has 76 valence electrons. The molecule has 0 aromatic rings. The Balaban J connectivity index is 2.40. The molecule has 1 nitrogen and oxygen atoms in total. The molecule has 0 unspecified atom stereocenters. The molecule has 0 aliphatic heterocycles. The molecule has 13 heavy (non-hydrogen) atoms. The van der Waals surface area contributed by atoms with Crippen molar-refractivity contribution in [3.8, 4) is 0 Å². The van der Waals surface area contributed by atoms with Gasteiger partial charge in [0.1, 0.15) is 0 Å². The topological polar surface area (TPSA) is 20.2 Å². The first-order valence-corrected chi connectivity index (χ1v) is 4.69. The second-order valence-corrected chi connectivity index (χ2v) is 4.68. The van der Waals surface area contributed by atoms with Gasteiger partial charge in [-0.15, -0.1) is 11.6 Å². The van der Waals surface area contributed by atoms with E-state index in [-0.39, 0.29) is 6.42 Å². The molecule has 2 aliphatic carbocycles. The zero-order valence-electron chi connectivity index (χ0n) is 6.35. The van der Waals surface area contributed by atoms with Gasteiger partial charge in [-0.1, -0.05) is 11.6 Å². The normalized spacial score (nSPS) is 58.6. The van der Waals surface area contributed by atoms with Crippen LogP contribution in [0.2, 0.25) is 0 Å². The van der Waals surface area contributed by atoms with Crippen LogP contribution in [0, 0.1) is 11.8 Å². The smallest absolute Gasteiger partial charge is 0.300 e. The summed E-state index contributed by atoms with van der Waals surface area (Å²) in [6, 6.07) is 0. The predicted octanol–water partition coefficient (Wildman–Crippen LogP) is 2.14. The van der Waals surface area contributed by atoms with E-state index in [0.29, 0.717) is 0 Å². The van der Waals surface area contributed by atoms with Crippen LogP contribution >= 0.6 is 23.2 Å². The van der Waals surface area contributed by atoms with E-state index in [1.807, 2.05) is 0 Å². The molecule has 0 radical (unpaired) electrons. The summed E-state index contributed by atoms with van der Waals surface area (Å²) in [6.07, 6.45) is -1.51. The fraction of sp³-hybridized carbons (Fsp3) is 1.00. The van der Waals surface area contributed by atoms with Crippen molar-refractivity contribution in [3.05, 3.63) is 0 Å². The average molecular weight is 235 g/mol. The van der Waals surface area contributed by atoms with Crippen molar-refractivity contribution in [1.29, 1.82) is 0 Å². The van der Waals surface area contributed by atoms with Gasteiger partial charge in [-0.2, -0.15) is 0 Å². The van der Waals surface area contributed by atoms with Crippen molar-refractivity contribution >= 4 is 23.2 Å². The molecule has 0 amide bonds. The van der Waals surface area contributed by atoms with Crippen LogP contribution in [0.3, 0.4) is 0 Å². The Bertz CT molecular complexity index is 222. The molecule has 2 rings (SSSR count). The van der Waals surface area contributed by atoms with E-state index in [4.69, 9.17) is 23.2 Å². The number of alkyl halides is 5. The lowest BCUT2D eigenvalue weighted by atomic mass is 9.91. The molecule has 5 atom stereocenters. The first kappa shape index (κ1) is 9.87. The highest BCUT2D eigenvalue weighted by Crippen LogP contribution is 2.64. The van der Waals surface area contributed by atoms with E-state index >= 15 is 0 Å². The predicted molar refractivity (Wildman–Crippen MR) is 41.9 cm³/mol. The lowest BCUT2D eigenvalue weighted by molar-refractivity contribution is -0.158. The molecule has 0 saturated heterocycles. The Morgan fingerprint density at radius 2 is 1.77 bits per heavy atom.